The Morgan fingerprint density at radius 2 is 2.06 bits per heavy atom. The lowest BCUT2D eigenvalue weighted by molar-refractivity contribution is 0.381. The van der Waals surface area contributed by atoms with E-state index in [0.717, 1.165) is 19.3 Å². The fourth-order valence-corrected chi connectivity index (χ4v) is 3.76. The van der Waals surface area contributed by atoms with Gasteiger partial charge in [-0.1, -0.05) is 0 Å². The smallest absolute Gasteiger partial charge is 0.230 e. The van der Waals surface area contributed by atoms with Crippen molar-refractivity contribution in [3.05, 3.63) is 0 Å². The first-order chi connectivity index (χ1) is 7.54. The van der Waals surface area contributed by atoms with Gasteiger partial charge in [0.1, 0.15) is 0 Å². The van der Waals surface area contributed by atoms with Gasteiger partial charge in [-0.2, -0.15) is 9.57 Å². The topological polar surface area (TPSA) is 73.2 Å². The Bertz CT molecular complexity index is 401. The summed E-state index contributed by atoms with van der Waals surface area (Å²) in [5.74, 6) is 0. The predicted molar refractivity (Wildman–Crippen MR) is 60.1 cm³/mol. The third-order valence-electron chi connectivity index (χ3n) is 3.47. The van der Waals surface area contributed by atoms with E-state index < -0.39 is 15.3 Å². The molecule has 2 aliphatic rings. The molecule has 16 heavy (non-hydrogen) atoms. The molecule has 0 radical (unpaired) electrons. The molecule has 0 aromatic heterocycles. The highest BCUT2D eigenvalue weighted by atomic mass is 32.2. The zero-order valence-electron chi connectivity index (χ0n) is 9.39. The van der Waals surface area contributed by atoms with Crippen LogP contribution in [0.15, 0.2) is 0 Å². The first-order valence-corrected chi connectivity index (χ1v) is 7.19. The minimum Gasteiger partial charge on any atom is -0.310 e. The molecule has 3 unspecified atom stereocenters. The molecule has 5 nitrogen and oxygen atoms in total. The lowest BCUT2D eigenvalue weighted by Gasteiger charge is -2.24. The van der Waals surface area contributed by atoms with Crippen molar-refractivity contribution in [3.8, 4) is 6.07 Å². The average Bonchev–Trinajstić information content (AvgIpc) is 2.56. The van der Waals surface area contributed by atoms with Gasteiger partial charge in [-0.3, -0.25) is 0 Å². The van der Waals surface area contributed by atoms with E-state index in [2.05, 4.69) is 5.32 Å². The Balaban J connectivity index is 2.14. The van der Waals surface area contributed by atoms with Gasteiger partial charge in [-0.15, -0.1) is 0 Å². The monoisotopic (exact) mass is 243 g/mol. The van der Waals surface area contributed by atoms with E-state index in [1.807, 2.05) is 6.07 Å². The van der Waals surface area contributed by atoms with Crippen LogP contribution in [0.3, 0.4) is 0 Å². The number of nitriles is 1. The fraction of sp³-hybridized carbons (Fsp3) is 0.900. The van der Waals surface area contributed by atoms with Crippen molar-refractivity contribution in [2.45, 2.75) is 43.5 Å². The van der Waals surface area contributed by atoms with Crippen molar-refractivity contribution >= 4 is 10.0 Å². The Kier molecular flexibility index (Phi) is 3.19. The van der Waals surface area contributed by atoms with Gasteiger partial charge < -0.3 is 5.32 Å². The van der Waals surface area contributed by atoms with Crippen LogP contribution in [0.1, 0.15) is 26.2 Å². The Labute approximate surface area is 96.5 Å². The number of rotatable bonds is 2. The van der Waals surface area contributed by atoms with E-state index in [1.165, 1.54) is 11.2 Å². The van der Waals surface area contributed by atoms with Gasteiger partial charge in [-0.25, -0.2) is 8.42 Å². The molecule has 6 heteroatoms. The molecule has 2 heterocycles. The average molecular weight is 243 g/mol. The lowest BCUT2D eigenvalue weighted by Crippen LogP contribution is -2.42. The zero-order valence-corrected chi connectivity index (χ0v) is 10.2. The minimum absolute atomic E-state index is 0.271. The summed E-state index contributed by atoms with van der Waals surface area (Å²) < 4.78 is 25.5. The quantitative estimate of drug-likeness (QED) is 0.744. The number of sulfonamides is 1. The van der Waals surface area contributed by atoms with E-state index in [0.29, 0.717) is 19.1 Å². The van der Waals surface area contributed by atoms with Crippen LogP contribution in [-0.4, -0.2) is 43.1 Å². The van der Waals surface area contributed by atoms with Gasteiger partial charge in [0.05, 0.1) is 6.07 Å². The van der Waals surface area contributed by atoms with Gasteiger partial charge in [0.2, 0.25) is 10.0 Å². The van der Waals surface area contributed by atoms with Gasteiger partial charge >= 0.3 is 0 Å². The molecule has 2 fully saturated rings. The zero-order chi connectivity index (χ0) is 11.8. The molecule has 0 amide bonds. The maximum atomic E-state index is 12.0. The van der Waals surface area contributed by atoms with Crippen molar-refractivity contribution in [1.82, 2.24) is 9.62 Å². The molecule has 1 N–H and O–H groups in total. The second-order valence-corrected chi connectivity index (χ2v) is 6.85. The van der Waals surface area contributed by atoms with Gasteiger partial charge in [0, 0.05) is 25.2 Å². The molecule has 2 rings (SSSR count). The summed E-state index contributed by atoms with van der Waals surface area (Å²) in [4.78, 5) is 0. The van der Waals surface area contributed by atoms with E-state index in [1.54, 1.807) is 0 Å². The molecule has 0 aromatic rings. The number of fused-ring (bicyclic) bond motifs is 2. The van der Waals surface area contributed by atoms with Crippen LogP contribution in [0.2, 0.25) is 0 Å². The highest BCUT2D eigenvalue weighted by Crippen LogP contribution is 2.23. The van der Waals surface area contributed by atoms with Crippen LogP contribution in [0.4, 0.5) is 0 Å². The van der Waals surface area contributed by atoms with Crippen LogP contribution in [0.5, 0.6) is 0 Å². The van der Waals surface area contributed by atoms with Crippen molar-refractivity contribution in [3.63, 3.8) is 0 Å². The first kappa shape index (κ1) is 11.8. The standard InChI is InChI=1S/C10H17N3O2S/c1-8(6-11)16(14,15)13-5-4-9-2-3-10(7-13)12-9/h8-10,12H,2-5,7H2,1H3. The van der Waals surface area contributed by atoms with Gasteiger partial charge in [0.25, 0.3) is 0 Å². The van der Waals surface area contributed by atoms with E-state index >= 15 is 0 Å². The molecule has 2 saturated heterocycles. The summed E-state index contributed by atoms with van der Waals surface area (Å²) in [5.41, 5.74) is 0. The third kappa shape index (κ3) is 2.08. The van der Waals surface area contributed by atoms with E-state index in [4.69, 9.17) is 5.26 Å². The van der Waals surface area contributed by atoms with Crippen LogP contribution in [0, 0.1) is 11.3 Å². The van der Waals surface area contributed by atoms with Crippen molar-refractivity contribution < 1.29 is 8.42 Å². The summed E-state index contributed by atoms with van der Waals surface area (Å²) >= 11 is 0. The van der Waals surface area contributed by atoms with Crippen molar-refractivity contribution in [2.24, 2.45) is 0 Å². The van der Waals surface area contributed by atoms with Crippen molar-refractivity contribution in [2.75, 3.05) is 13.1 Å². The summed E-state index contributed by atoms with van der Waals surface area (Å²) in [7, 11) is -3.43. The van der Waals surface area contributed by atoms with Crippen LogP contribution in [0.25, 0.3) is 0 Å². The van der Waals surface area contributed by atoms with Crippen LogP contribution in [-0.2, 0) is 10.0 Å². The first-order valence-electron chi connectivity index (χ1n) is 5.68. The fourth-order valence-electron chi connectivity index (χ4n) is 2.43. The maximum absolute atomic E-state index is 12.0. The Morgan fingerprint density at radius 3 is 2.75 bits per heavy atom. The number of nitrogens with one attached hydrogen (secondary N) is 1. The van der Waals surface area contributed by atoms with Gasteiger partial charge in [0.15, 0.2) is 5.25 Å². The number of hydrogen-bond acceptors (Lipinski definition) is 4. The molecule has 0 aliphatic carbocycles. The molecule has 2 bridgehead atoms. The molecule has 2 aliphatic heterocycles. The highest BCUT2D eigenvalue weighted by Gasteiger charge is 2.36. The SMILES string of the molecule is CC(C#N)S(=O)(=O)N1CCC2CCC(C1)N2. The Hall–Kier alpha value is -0.640. The van der Waals surface area contributed by atoms with E-state index in [-0.39, 0.29) is 6.04 Å². The minimum atomic E-state index is -3.43. The Morgan fingerprint density at radius 1 is 1.38 bits per heavy atom. The van der Waals surface area contributed by atoms with Gasteiger partial charge in [-0.05, 0) is 26.2 Å². The highest BCUT2D eigenvalue weighted by molar-refractivity contribution is 7.89. The molecular formula is C10H17N3O2S. The predicted octanol–water partition coefficient (Wildman–Crippen LogP) is 0.0546. The molecule has 90 valence electrons. The lowest BCUT2D eigenvalue weighted by atomic mass is 10.1. The second kappa shape index (κ2) is 4.32. The van der Waals surface area contributed by atoms with Crippen LogP contribution >= 0.6 is 0 Å². The molecule has 0 aromatic carbocycles. The molecule has 0 saturated carbocycles. The largest absolute Gasteiger partial charge is 0.310 e. The summed E-state index contributed by atoms with van der Waals surface area (Å²) in [6, 6.07) is 2.55. The number of nitrogens with zero attached hydrogens (tertiary/aromatic N) is 2. The van der Waals surface area contributed by atoms with Crippen LogP contribution < -0.4 is 5.32 Å². The normalized spacial score (nSPS) is 33.0. The second-order valence-electron chi connectivity index (χ2n) is 4.60. The summed E-state index contributed by atoms with van der Waals surface area (Å²) in [6.07, 6.45) is 3.04. The van der Waals surface area contributed by atoms with Crippen molar-refractivity contribution in [1.29, 1.82) is 5.26 Å². The summed E-state index contributed by atoms with van der Waals surface area (Å²) in [5, 5.41) is 11.2. The molecule has 0 spiro atoms. The number of hydrogen-bond donors (Lipinski definition) is 1. The molecular weight excluding hydrogens is 226 g/mol. The maximum Gasteiger partial charge on any atom is 0.230 e. The summed E-state index contributed by atoms with van der Waals surface area (Å²) in [6.45, 7) is 2.51. The van der Waals surface area contributed by atoms with E-state index in [9.17, 15) is 8.42 Å². The molecule has 3 atom stereocenters. The third-order valence-corrected chi connectivity index (χ3v) is 5.52.